The largest absolute Gasteiger partial charge is 0.457 e. The number of H-pyrrole nitrogens is 1. The van der Waals surface area contributed by atoms with Gasteiger partial charge in [-0.15, -0.1) is 0 Å². The number of nitrogens with one attached hydrogen (secondary N) is 2. The second kappa shape index (κ2) is 6.39. The molecular formula is C19H18N4O2. The highest BCUT2D eigenvalue weighted by atomic mass is 16.5. The molecule has 1 amide bonds. The van der Waals surface area contributed by atoms with Crippen LogP contribution in [0.5, 0.6) is 11.5 Å². The average Bonchev–Trinajstić information content (AvgIpc) is 3.34. The van der Waals surface area contributed by atoms with Crippen LogP contribution in [0, 0.1) is 6.92 Å². The Labute approximate surface area is 145 Å². The molecule has 0 atom stereocenters. The van der Waals surface area contributed by atoms with E-state index in [0.717, 1.165) is 41.3 Å². The standard InChI is InChI=1S/C19H18N4O2/c1-12-10-14(4-5-17(12)25-15-6-8-20-9-7-15)22-19(24)16-11-21-23-18(16)13-2-3-13/h4-11,13H,2-3H2,1H3,(H,21,23)(H,22,24). The maximum atomic E-state index is 12.5. The van der Waals surface area contributed by atoms with Crippen molar-refractivity contribution in [1.82, 2.24) is 15.2 Å². The van der Waals surface area contributed by atoms with Crippen molar-refractivity contribution < 1.29 is 9.53 Å². The molecule has 25 heavy (non-hydrogen) atoms. The van der Waals surface area contributed by atoms with Gasteiger partial charge in [0.05, 0.1) is 17.5 Å². The number of hydrogen-bond donors (Lipinski definition) is 2. The fourth-order valence-corrected chi connectivity index (χ4v) is 2.73. The summed E-state index contributed by atoms with van der Waals surface area (Å²) in [5.74, 6) is 1.77. The lowest BCUT2D eigenvalue weighted by atomic mass is 10.1. The van der Waals surface area contributed by atoms with Crippen LogP contribution in [-0.4, -0.2) is 21.1 Å². The molecule has 4 rings (SSSR count). The Bertz CT molecular complexity index is 901. The minimum atomic E-state index is -0.141. The number of hydrogen-bond acceptors (Lipinski definition) is 4. The number of aryl methyl sites for hydroxylation is 1. The summed E-state index contributed by atoms with van der Waals surface area (Å²) in [5, 5.41) is 9.89. The Balaban J connectivity index is 1.48. The van der Waals surface area contributed by atoms with Gasteiger partial charge in [-0.1, -0.05) is 0 Å². The maximum Gasteiger partial charge on any atom is 0.259 e. The number of ether oxygens (including phenoxy) is 1. The molecular weight excluding hydrogens is 316 g/mol. The molecule has 2 aromatic heterocycles. The highest BCUT2D eigenvalue weighted by Crippen LogP contribution is 2.40. The van der Waals surface area contributed by atoms with Gasteiger partial charge in [-0.2, -0.15) is 5.10 Å². The van der Waals surface area contributed by atoms with Crippen LogP contribution in [0.25, 0.3) is 0 Å². The van der Waals surface area contributed by atoms with Gasteiger partial charge in [0, 0.05) is 24.0 Å². The Morgan fingerprint density at radius 3 is 2.76 bits per heavy atom. The van der Waals surface area contributed by atoms with Crippen LogP contribution in [0.2, 0.25) is 0 Å². The fourth-order valence-electron chi connectivity index (χ4n) is 2.73. The SMILES string of the molecule is Cc1cc(NC(=O)c2cn[nH]c2C2CC2)ccc1Oc1ccncc1. The van der Waals surface area contributed by atoms with E-state index in [4.69, 9.17) is 4.74 Å². The van der Waals surface area contributed by atoms with E-state index < -0.39 is 0 Å². The quantitative estimate of drug-likeness (QED) is 0.738. The van der Waals surface area contributed by atoms with Gasteiger partial charge in [0.25, 0.3) is 5.91 Å². The third kappa shape index (κ3) is 3.38. The van der Waals surface area contributed by atoms with Crippen molar-refractivity contribution >= 4 is 11.6 Å². The third-order valence-corrected chi connectivity index (χ3v) is 4.21. The summed E-state index contributed by atoms with van der Waals surface area (Å²) in [7, 11) is 0. The van der Waals surface area contributed by atoms with Gasteiger partial charge >= 0.3 is 0 Å². The lowest BCUT2D eigenvalue weighted by Crippen LogP contribution is -2.13. The van der Waals surface area contributed by atoms with Crippen LogP contribution in [-0.2, 0) is 0 Å². The van der Waals surface area contributed by atoms with Gasteiger partial charge in [0.1, 0.15) is 11.5 Å². The monoisotopic (exact) mass is 334 g/mol. The zero-order valence-electron chi connectivity index (χ0n) is 13.8. The third-order valence-electron chi connectivity index (χ3n) is 4.21. The predicted octanol–water partition coefficient (Wildman–Crippen LogP) is 4.04. The average molecular weight is 334 g/mol. The summed E-state index contributed by atoms with van der Waals surface area (Å²) < 4.78 is 5.83. The van der Waals surface area contributed by atoms with Gasteiger partial charge in [-0.3, -0.25) is 14.9 Å². The minimum absolute atomic E-state index is 0.141. The number of carbonyl (C=O) groups is 1. The number of nitrogens with zero attached hydrogens (tertiary/aromatic N) is 2. The molecule has 0 spiro atoms. The van der Waals surface area contributed by atoms with Gasteiger partial charge < -0.3 is 10.1 Å². The number of aromatic nitrogens is 3. The fraction of sp³-hybridized carbons (Fsp3) is 0.211. The van der Waals surface area contributed by atoms with Crippen molar-refractivity contribution in [2.45, 2.75) is 25.7 Å². The molecule has 1 aliphatic rings. The molecule has 0 aliphatic heterocycles. The van der Waals surface area contributed by atoms with Crippen LogP contribution in [0.1, 0.15) is 40.4 Å². The molecule has 6 heteroatoms. The van der Waals surface area contributed by atoms with Gasteiger partial charge in [-0.25, -0.2) is 0 Å². The first kappa shape index (κ1) is 15.4. The molecule has 126 valence electrons. The molecule has 1 fully saturated rings. The highest BCUT2D eigenvalue weighted by molar-refractivity contribution is 6.05. The van der Waals surface area contributed by atoms with Crippen molar-refractivity contribution in [3.63, 3.8) is 0 Å². The van der Waals surface area contributed by atoms with Crippen molar-refractivity contribution in [1.29, 1.82) is 0 Å². The van der Waals surface area contributed by atoms with E-state index >= 15 is 0 Å². The van der Waals surface area contributed by atoms with Gasteiger partial charge in [-0.05, 0) is 55.7 Å². The van der Waals surface area contributed by atoms with Crippen LogP contribution < -0.4 is 10.1 Å². The molecule has 1 aliphatic carbocycles. The Morgan fingerprint density at radius 1 is 1.24 bits per heavy atom. The summed E-state index contributed by atoms with van der Waals surface area (Å²) in [5.41, 5.74) is 3.22. The normalized spacial score (nSPS) is 13.5. The van der Waals surface area contributed by atoms with E-state index in [1.165, 1.54) is 0 Å². The summed E-state index contributed by atoms with van der Waals surface area (Å²) in [4.78, 5) is 16.5. The maximum absolute atomic E-state index is 12.5. The van der Waals surface area contributed by atoms with E-state index in [0.29, 0.717) is 11.5 Å². The van der Waals surface area contributed by atoms with Crippen molar-refractivity contribution in [2.75, 3.05) is 5.32 Å². The van der Waals surface area contributed by atoms with Crippen molar-refractivity contribution in [2.24, 2.45) is 0 Å². The number of aromatic amines is 1. The number of anilines is 1. The molecule has 0 radical (unpaired) electrons. The van der Waals surface area contributed by atoms with Crippen LogP contribution >= 0.6 is 0 Å². The van der Waals surface area contributed by atoms with E-state index in [1.54, 1.807) is 30.7 Å². The zero-order chi connectivity index (χ0) is 17.2. The van der Waals surface area contributed by atoms with E-state index in [9.17, 15) is 4.79 Å². The summed E-state index contributed by atoms with van der Waals surface area (Å²) in [6.07, 6.45) is 7.19. The Morgan fingerprint density at radius 2 is 2.04 bits per heavy atom. The molecule has 0 saturated heterocycles. The van der Waals surface area contributed by atoms with Crippen molar-refractivity contribution in [3.05, 3.63) is 65.7 Å². The summed E-state index contributed by atoms with van der Waals surface area (Å²) in [6, 6.07) is 9.17. The van der Waals surface area contributed by atoms with Gasteiger partial charge in [0.15, 0.2) is 0 Å². The molecule has 6 nitrogen and oxygen atoms in total. The first-order valence-electron chi connectivity index (χ1n) is 8.24. The first-order chi connectivity index (χ1) is 12.2. The van der Waals surface area contributed by atoms with Crippen LogP contribution in [0.4, 0.5) is 5.69 Å². The second-order valence-electron chi connectivity index (χ2n) is 6.19. The summed E-state index contributed by atoms with van der Waals surface area (Å²) >= 11 is 0. The Hall–Kier alpha value is -3.15. The van der Waals surface area contributed by atoms with Gasteiger partial charge in [0.2, 0.25) is 0 Å². The van der Waals surface area contributed by atoms with E-state index in [2.05, 4.69) is 20.5 Å². The van der Waals surface area contributed by atoms with E-state index in [-0.39, 0.29) is 5.91 Å². The topological polar surface area (TPSA) is 79.9 Å². The van der Waals surface area contributed by atoms with Crippen LogP contribution in [0.3, 0.4) is 0 Å². The molecule has 2 heterocycles. The Kier molecular flexibility index (Phi) is 3.93. The number of pyridine rings is 1. The first-order valence-corrected chi connectivity index (χ1v) is 8.24. The molecule has 0 bridgehead atoms. The second-order valence-corrected chi connectivity index (χ2v) is 6.19. The van der Waals surface area contributed by atoms with E-state index in [1.807, 2.05) is 25.1 Å². The molecule has 3 aromatic rings. The predicted molar refractivity (Wildman–Crippen MR) is 94.0 cm³/mol. The number of rotatable bonds is 5. The summed E-state index contributed by atoms with van der Waals surface area (Å²) in [6.45, 7) is 1.94. The minimum Gasteiger partial charge on any atom is -0.457 e. The number of carbonyl (C=O) groups excluding carboxylic acids is 1. The molecule has 1 saturated carbocycles. The lowest BCUT2D eigenvalue weighted by molar-refractivity contribution is 0.102. The van der Waals surface area contributed by atoms with Crippen LogP contribution in [0.15, 0.2) is 48.9 Å². The molecule has 0 unspecified atom stereocenters. The zero-order valence-corrected chi connectivity index (χ0v) is 13.8. The number of benzene rings is 1. The smallest absolute Gasteiger partial charge is 0.259 e. The number of amides is 1. The van der Waals surface area contributed by atoms with Crippen molar-refractivity contribution in [3.8, 4) is 11.5 Å². The molecule has 2 N–H and O–H groups in total. The highest BCUT2D eigenvalue weighted by Gasteiger charge is 2.29. The lowest BCUT2D eigenvalue weighted by Gasteiger charge is -2.11. The molecule has 1 aromatic carbocycles.